The predicted molar refractivity (Wildman–Crippen MR) is 135 cm³/mol. The number of hydrogen-bond acceptors (Lipinski definition) is 6. The van der Waals surface area contributed by atoms with Crippen molar-refractivity contribution in [3.8, 4) is 11.5 Å². The summed E-state index contributed by atoms with van der Waals surface area (Å²) in [6.07, 6.45) is 2.52. The van der Waals surface area contributed by atoms with Gasteiger partial charge in [0.2, 0.25) is 0 Å². The summed E-state index contributed by atoms with van der Waals surface area (Å²) in [7, 11) is 1.62. The molecule has 6 heteroatoms. The van der Waals surface area contributed by atoms with Gasteiger partial charge in [-0.2, -0.15) is 0 Å². The van der Waals surface area contributed by atoms with E-state index in [2.05, 4.69) is 4.98 Å². The molecule has 0 N–H and O–H groups in total. The van der Waals surface area contributed by atoms with Gasteiger partial charge in [0.25, 0.3) is 0 Å². The van der Waals surface area contributed by atoms with Gasteiger partial charge in [0.1, 0.15) is 23.9 Å². The third-order valence-electron chi connectivity index (χ3n) is 4.82. The highest BCUT2D eigenvalue weighted by atomic mass is 32.1. The Morgan fingerprint density at radius 3 is 1.97 bits per heavy atom. The summed E-state index contributed by atoms with van der Waals surface area (Å²) in [4.78, 5) is 26.8. The monoisotopic (exact) mass is 473 g/mol. The maximum atomic E-state index is 12.0. The summed E-state index contributed by atoms with van der Waals surface area (Å²) in [5.74, 6) is 1.85. The van der Waals surface area contributed by atoms with Crippen molar-refractivity contribution < 1.29 is 19.1 Å². The van der Waals surface area contributed by atoms with Crippen LogP contribution in [0.2, 0.25) is 0 Å². The number of methoxy groups -OCH3 is 1. The number of benzene rings is 3. The van der Waals surface area contributed by atoms with Crippen LogP contribution in [0.5, 0.6) is 11.5 Å². The van der Waals surface area contributed by atoms with Crippen LogP contribution in [-0.4, -0.2) is 23.7 Å². The molecule has 1 heterocycles. The molecule has 174 valence electrons. The van der Waals surface area contributed by atoms with Crippen LogP contribution in [0.1, 0.15) is 33.4 Å². The van der Waals surface area contributed by atoms with E-state index in [4.69, 9.17) is 9.47 Å². The minimum atomic E-state index is 0.0490. The van der Waals surface area contributed by atoms with E-state index in [0.29, 0.717) is 24.5 Å². The molecule has 0 unspecified atom stereocenters. The van der Waals surface area contributed by atoms with Crippen molar-refractivity contribution in [1.29, 1.82) is 0 Å². The third kappa shape index (κ3) is 8.30. The first-order valence-corrected chi connectivity index (χ1v) is 11.7. The van der Waals surface area contributed by atoms with Crippen LogP contribution in [0.15, 0.2) is 90.4 Å². The Balaban J connectivity index is 0.000000229. The minimum Gasteiger partial charge on any atom is -0.497 e. The third-order valence-corrected chi connectivity index (χ3v) is 5.63. The fraction of sp³-hybridized carbons (Fsp3) is 0.179. The van der Waals surface area contributed by atoms with Gasteiger partial charge in [0, 0.05) is 24.4 Å². The molecule has 1 aromatic heterocycles. The first-order valence-electron chi connectivity index (χ1n) is 10.8. The Kier molecular flexibility index (Phi) is 9.55. The molecule has 4 aromatic rings. The maximum Gasteiger partial charge on any atom is 0.195 e. The Morgan fingerprint density at radius 1 is 0.794 bits per heavy atom. The van der Waals surface area contributed by atoms with Crippen molar-refractivity contribution in [3.05, 3.63) is 112 Å². The summed E-state index contributed by atoms with van der Waals surface area (Å²) < 4.78 is 10.7. The Bertz CT molecular complexity index is 1160. The standard InChI is InChI=1S/C18H15NO2S.C10H12O2/c20-17(18-19-10-11-22-18)12-14-6-8-16(9-7-14)21-13-15-4-2-1-3-5-15;1-8(11)7-9-3-5-10(12-2)6-4-9/h1-11H,12-13H2;3-6H,7H2,1-2H3. The first kappa shape index (κ1) is 24.9. The van der Waals surface area contributed by atoms with Gasteiger partial charge in [-0.3, -0.25) is 9.59 Å². The maximum absolute atomic E-state index is 12.0. The topological polar surface area (TPSA) is 65.5 Å². The second kappa shape index (κ2) is 13.1. The zero-order valence-electron chi connectivity index (χ0n) is 19.3. The van der Waals surface area contributed by atoms with Gasteiger partial charge in [-0.15, -0.1) is 11.3 Å². The number of Topliss-reactive ketones (excluding diaryl/α,β-unsaturated/α-hetero) is 2. The highest BCUT2D eigenvalue weighted by Gasteiger charge is 2.09. The molecule has 0 aliphatic carbocycles. The number of thiazole rings is 1. The van der Waals surface area contributed by atoms with Crippen molar-refractivity contribution >= 4 is 22.9 Å². The van der Waals surface area contributed by atoms with Crippen molar-refractivity contribution in [2.75, 3.05) is 7.11 Å². The van der Waals surface area contributed by atoms with E-state index in [-0.39, 0.29) is 11.6 Å². The van der Waals surface area contributed by atoms with Gasteiger partial charge >= 0.3 is 0 Å². The van der Waals surface area contributed by atoms with E-state index in [0.717, 1.165) is 28.2 Å². The number of ether oxygens (including phenoxy) is 2. The molecule has 0 aliphatic heterocycles. The van der Waals surface area contributed by atoms with Gasteiger partial charge in [-0.25, -0.2) is 4.98 Å². The fourth-order valence-corrected chi connectivity index (χ4v) is 3.67. The van der Waals surface area contributed by atoms with Crippen LogP contribution in [0.4, 0.5) is 0 Å². The molecule has 0 aliphatic rings. The van der Waals surface area contributed by atoms with Crippen molar-refractivity contribution in [3.63, 3.8) is 0 Å². The Labute approximate surface area is 204 Å². The molecule has 0 radical (unpaired) electrons. The lowest BCUT2D eigenvalue weighted by Gasteiger charge is -2.07. The second-order valence-corrected chi connectivity index (χ2v) is 8.48. The summed E-state index contributed by atoms with van der Waals surface area (Å²) in [5.41, 5.74) is 3.13. The lowest BCUT2D eigenvalue weighted by molar-refractivity contribution is -0.116. The minimum absolute atomic E-state index is 0.0490. The highest BCUT2D eigenvalue weighted by molar-refractivity contribution is 7.11. The SMILES string of the molecule is COc1ccc(CC(C)=O)cc1.O=C(Cc1ccc(OCc2ccccc2)cc1)c1nccs1. The molecule has 0 atom stereocenters. The van der Waals surface area contributed by atoms with Crippen LogP contribution in [0, 0.1) is 0 Å². The number of hydrogen-bond donors (Lipinski definition) is 0. The molecule has 0 amide bonds. The fourth-order valence-electron chi connectivity index (χ4n) is 3.10. The largest absolute Gasteiger partial charge is 0.497 e. The van der Waals surface area contributed by atoms with E-state index in [1.807, 2.05) is 84.2 Å². The summed E-state index contributed by atoms with van der Waals surface area (Å²) in [6.45, 7) is 2.13. The summed E-state index contributed by atoms with van der Waals surface area (Å²) in [5, 5.41) is 2.37. The number of carbonyl (C=O) groups excluding carboxylic acids is 2. The Hall–Kier alpha value is -3.77. The smallest absolute Gasteiger partial charge is 0.195 e. The van der Waals surface area contributed by atoms with Gasteiger partial charge in [-0.05, 0) is 47.9 Å². The zero-order valence-corrected chi connectivity index (χ0v) is 20.1. The average molecular weight is 474 g/mol. The zero-order chi connectivity index (χ0) is 24.2. The lowest BCUT2D eigenvalue weighted by Crippen LogP contribution is -2.02. The van der Waals surface area contributed by atoms with E-state index in [1.54, 1.807) is 20.2 Å². The molecule has 5 nitrogen and oxygen atoms in total. The average Bonchev–Trinajstić information content (AvgIpc) is 3.40. The van der Waals surface area contributed by atoms with Crippen molar-refractivity contribution in [2.24, 2.45) is 0 Å². The number of carbonyl (C=O) groups is 2. The van der Waals surface area contributed by atoms with Crippen molar-refractivity contribution in [1.82, 2.24) is 4.98 Å². The van der Waals surface area contributed by atoms with E-state index >= 15 is 0 Å². The van der Waals surface area contributed by atoms with Crippen LogP contribution < -0.4 is 9.47 Å². The molecule has 3 aromatic carbocycles. The molecule has 0 saturated heterocycles. The number of ketones is 2. The molecule has 4 rings (SSSR count). The molecular weight excluding hydrogens is 446 g/mol. The highest BCUT2D eigenvalue weighted by Crippen LogP contribution is 2.16. The summed E-state index contributed by atoms with van der Waals surface area (Å²) in [6, 6.07) is 25.2. The quantitative estimate of drug-likeness (QED) is 0.280. The molecule has 0 fully saturated rings. The lowest BCUT2D eigenvalue weighted by atomic mass is 10.1. The van der Waals surface area contributed by atoms with Crippen LogP contribution >= 0.6 is 11.3 Å². The number of nitrogens with zero attached hydrogens (tertiary/aromatic N) is 1. The number of aromatic nitrogens is 1. The Morgan fingerprint density at radius 2 is 1.41 bits per heavy atom. The molecule has 0 spiro atoms. The van der Waals surface area contributed by atoms with E-state index < -0.39 is 0 Å². The van der Waals surface area contributed by atoms with Crippen LogP contribution in [0.3, 0.4) is 0 Å². The molecule has 0 bridgehead atoms. The molecule has 34 heavy (non-hydrogen) atoms. The molecule has 0 saturated carbocycles. The van der Waals surface area contributed by atoms with Gasteiger partial charge < -0.3 is 9.47 Å². The van der Waals surface area contributed by atoms with E-state index in [9.17, 15) is 9.59 Å². The van der Waals surface area contributed by atoms with E-state index in [1.165, 1.54) is 11.3 Å². The summed E-state index contributed by atoms with van der Waals surface area (Å²) >= 11 is 1.37. The van der Waals surface area contributed by atoms with Crippen LogP contribution in [-0.2, 0) is 24.2 Å². The predicted octanol–water partition coefficient (Wildman–Crippen LogP) is 5.97. The van der Waals surface area contributed by atoms with Crippen LogP contribution in [0.25, 0.3) is 0 Å². The first-order chi connectivity index (χ1) is 16.5. The van der Waals surface area contributed by atoms with Gasteiger partial charge in [0.05, 0.1) is 7.11 Å². The normalized spacial score (nSPS) is 10.1. The molecular formula is C28H27NO4S. The van der Waals surface area contributed by atoms with Gasteiger partial charge in [-0.1, -0.05) is 54.6 Å². The van der Waals surface area contributed by atoms with Crippen molar-refractivity contribution in [2.45, 2.75) is 26.4 Å². The van der Waals surface area contributed by atoms with Gasteiger partial charge in [0.15, 0.2) is 10.8 Å². The second-order valence-electron chi connectivity index (χ2n) is 7.58. The number of rotatable bonds is 9.